The highest BCUT2D eigenvalue weighted by molar-refractivity contribution is 5.58. The molecule has 0 spiro atoms. The Morgan fingerprint density at radius 3 is 2.26 bits per heavy atom. The van der Waals surface area contributed by atoms with Gasteiger partial charge in [-0.15, -0.1) is 0 Å². The van der Waals surface area contributed by atoms with E-state index < -0.39 is 0 Å². The minimum Gasteiger partial charge on any atom is -0.243 e. The molecule has 0 unspecified atom stereocenters. The minimum atomic E-state index is 1.10. The van der Waals surface area contributed by atoms with Crippen molar-refractivity contribution in [1.82, 2.24) is 4.98 Å². The highest BCUT2D eigenvalue weighted by atomic mass is 15.1. The van der Waals surface area contributed by atoms with Crippen LogP contribution in [0.4, 0.5) is 0 Å². The predicted molar refractivity (Wildman–Crippen MR) is 95.8 cm³/mol. The van der Waals surface area contributed by atoms with E-state index in [0.29, 0.717) is 0 Å². The SMILES string of the molecule is CCCc1ccccc1-c1[nH]cc[n+]1-c1ccccc1CCC. The van der Waals surface area contributed by atoms with Crippen LogP contribution in [0.1, 0.15) is 37.8 Å². The molecule has 118 valence electrons. The second-order valence-corrected chi connectivity index (χ2v) is 5.96. The second kappa shape index (κ2) is 7.28. The Kier molecular flexibility index (Phi) is 4.92. The van der Waals surface area contributed by atoms with Crippen LogP contribution < -0.4 is 4.57 Å². The van der Waals surface area contributed by atoms with Crippen molar-refractivity contribution < 1.29 is 4.57 Å². The van der Waals surface area contributed by atoms with Crippen LogP contribution >= 0.6 is 0 Å². The van der Waals surface area contributed by atoms with Crippen LogP contribution in [0.3, 0.4) is 0 Å². The number of H-pyrrole nitrogens is 1. The highest BCUT2D eigenvalue weighted by Crippen LogP contribution is 2.22. The van der Waals surface area contributed by atoms with E-state index in [4.69, 9.17) is 0 Å². The molecule has 0 bridgehead atoms. The Morgan fingerprint density at radius 1 is 0.826 bits per heavy atom. The monoisotopic (exact) mass is 305 g/mol. The summed E-state index contributed by atoms with van der Waals surface area (Å²) in [5, 5.41) is 0. The van der Waals surface area contributed by atoms with E-state index in [0.717, 1.165) is 31.5 Å². The summed E-state index contributed by atoms with van der Waals surface area (Å²) in [6.07, 6.45) is 8.68. The van der Waals surface area contributed by atoms with E-state index in [2.05, 4.69) is 78.1 Å². The van der Waals surface area contributed by atoms with Gasteiger partial charge in [-0.2, -0.15) is 4.57 Å². The Labute approximate surface area is 138 Å². The molecule has 2 heteroatoms. The normalized spacial score (nSPS) is 10.9. The van der Waals surface area contributed by atoms with Gasteiger partial charge in [-0.25, -0.2) is 4.98 Å². The topological polar surface area (TPSA) is 19.7 Å². The number of aryl methyl sites for hydroxylation is 2. The number of nitrogens with zero attached hydrogens (tertiary/aromatic N) is 1. The molecule has 0 aliphatic heterocycles. The number of imidazole rings is 1. The largest absolute Gasteiger partial charge is 0.292 e. The van der Waals surface area contributed by atoms with Gasteiger partial charge in [0.05, 0.1) is 5.56 Å². The van der Waals surface area contributed by atoms with Gasteiger partial charge in [-0.1, -0.05) is 63.1 Å². The maximum atomic E-state index is 3.45. The molecule has 0 saturated heterocycles. The van der Waals surface area contributed by atoms with Gasteiger partial charge in [0, 0.05) is 0 Å². The molecule has 0 saturated carbocycles. The molecule has 23 heavy (non-hydrogen) atoms. The fourth-order valence-electron chi connectivity index (χ4n) is 3.21. The predicted octanol–water partition coefficient (Wildman–Crippen LogP) is 4.86. The van der Waals surface area contributed by atoms with E-state index >= 15 is 0 Å². The van der Waals surface area contributed by atoms with Gasteiger partial charge in [0.15, 0.2) is 0 Å². The fourth-order valence-corrected chi connectivity index (χ4v) is 3.21. The number of nitrogens with one attached hydrogen (secondary N) is 1. The summed E-state index contributed by atoms with van der Waals surface area (Å²) in [6, 6.07) is 17.4. The van der Waals surface area contributed by atoms with E-state index in [1.54, 1.807) is 0 Å². The number of aromatic amines is 1. The lowest BCUT2D eigenvalue weighted by Gasteiger charge is -2.09. The van der Waals surface area contributed by atoms with E-state index in [-0.39, 0.29) is 0 Å². The average molecular weight is 305 g/mol. The van der Waals surface area contributed by atoms with Crippen LogP contribution in [0.5, 0.6) is 0 Å². The van der Waals surface area contributed by atoms with Gasteiger partial charge in [-0.05, 0) is 36.1 Å². The summed E-state index contributed by atoms with van der Waals surface area (Å²) in [4.78, 5) is 3.45. The molecule has 0 amide bonds. The molecular formula is C21H25N2+. The molecule has 0 atom stereocenters. The Balaban J connectivity index is 2.11. The van der Waals surface area contributed by atoms with Gasteiger partial charge in [-0.3, -0.25) is 0 Å². The lowest BCUT2D eigenvalue weighted by molar-refractivity contribution is -0.582. The van der Waals surface area contributed by atoms with E-state index in [1.807, 2.05) is 6.20 Å². The van der Waals surface area contributed by atoms with Crippen LogP contribution in [0, 0.1) is 0 Å². The van der Waals surface area contributed by atoms with Crippen molar-refractivity contribution in [3.63, 3.8) is 0 Å². The van der Waals surface area contributed by atoms with Crippen LogP contribution in [0.25, 0.3) is 17.1 Å². The highest BCUT2D eigenvalue weighted by Gasteiger charge is 2.19. The third kappa shape index (κ3) is 3.21. The van der Waals surface area contributed by atoms with Crippen LogP contribution in [-0.2, 0) is 12.8 Å². The zero-order valence-electron chi connectivity index (χ0n) is 14.0. The van der Waals surface area contributed by atoms with Crippen LogP contribution in [-0.4, -0.2) is 4.98 Å². The molecule has 0 fully saturated rings. The summed E-state index contributed by atoms with van der Waals surface area (Å²) in [6.45, 7) is 4.46. The molecule has 1 heterocycles. The third-order valence-electron chi connectivity index (χ3n) is 4.25. The molecule has 3 rings (SSSR count). The minimum absolute atomic E-state index is 1.10. The first-order chi connectivity index (χ1) is 11.3. The van der Waals surface area contributed by atoms with Gasteiger partial charge >= 0.3 is 0 Å². The van der Waals surface area contributed by atoms with E-state index in [9.17, 15) is 0 Å². The summed E-state index contributed by atoms with van der Waals surface area (Å²) in [7, 11) is 0. The van der Waals surface area contributed by atoms with Crippen molar-refractivity contribution >= 4 is 0 Å². The van der Waals surface area contributed by atoms with Gasteiger partial charge in [0.25, 0.3) is 5.82 Å². The molecular weight excluding hydrogens is 280 g/mol. The average Bonchev–Trinajstić information content (AvgIpc) is 3.06. The second-order valence-electron chi connectivity index (χ2n) is 5.96. The first-order valence-corrected chi connectivity index (χ1v) is 8.60. The molecule has 0 aliphatic carbocycles. The van der Waals surface area contributed by atoms with Crippen LogP contribution in [0.2, 0.25) is 0 Å². The van der Waals surface area contributed by atoms with Crippen LogP contribution in [0.15, 0.2) is 60.9 Å². The molecule has 2 nitrogen and oxygen atoms in total. The maximum absolute atomic E-state index is 3.45. The summed E-state index contributed by atoms with van der Waals surface area (Å²) in [5.41, 5.74) is 5.37. The van der Waals surface area contributed by atoms with Crippen molar-refractivity contribution in [2.24, 2.45) is 0 Å². The third-order valence-corrected chi connectivity index (χ3v) is 4.25. The molecule has 2 aromatic carbocycles. The number of aromatic nitrogens is 2. The Hall–Kier alpha value is -2.35. The van der Waals surface area contributed by atoms with Crippen molar-refractivity contribution in [1.29, 1.82) is 0 Å². The first-order valence-electron chi connectivity index (χ1n) is 8.60. The zero-order chi connectivity index (χ0) is 16.1. The number of rotatable bonds is 6. The number of hydrogen-bond acceptors (Lipinski definition) is 0. The van der Waals surface area contributed by atoms with E-state index in [1.165, 1.54) is 22.4 Å². The first kappa shape index (κ1) is 15.5. The summed E-state index contributed by atoms with van der Waals surface area (Å²) >= 11 is 0. The quantitative estimate of drug-likeness (QED) is 0.627. The summed E-state index contributed by atoms with van der Waals surface area (Å²) < 4.78 is 2.29. The zero-order valence-corrected chi connectivity index (χ0v) is 14.0. The van der Waals surface area contributed by atoms with Crippen molar-refractivity contribution in [2.75, 3.05) is 0 Å². The molecule has 0 radical (unpaired) electrons. The lowest BCUT2D eigenvalue weighted by Crippen LogP contribution is -2.32. The number of para-hydroxylation sites is 1. The van der Waals surface area contributed by atoms with Crippen molar-refractivity contribution in [2.45, 2.75) is 39.5 Å². The summed E-state index contributed by atoms with van der Waals surface area (Å²) in [5.74, 6) is 1.16. The lowest BCUT2D eigenvalue weighted by atomic mass is 10.0. The smallest absolute Gasteiger partial charge is 0.243 e. The number of benzene rings is 2. The fraction of sp³-hybridized carbons (Fsp3) is 0.286. The molecule has 0 aliphatic rings. The molecule has 1 N–H and O–H groups in total. The number of hydrogen-bond donors (Lipinski definition) is 1. The maximum Gasteiger partial charge on any atom is 0.292 e. The Bertz CT molecular complexity index is 707. The van der Waals surface area contributed by atoms with Crippen molar-refractivity contribution in [3.05, 3.63) is 72.1 Å². The van der Waals surface area contributed by atoms with Gasteiger partial charge < -0.3 is 0 Å². The van der Waals surface area contributed by atoms with Gasteiger partial charge in [0.1, 0.15) is 18.1 Å². The molecule has 3 aromatic rings. The standard InChI is InChI=1S/C21H24N2/c1-3-9-17-11-5-7-13-19(17)21-22-15-16-23(21)20-14-8-6-12-18(20)10-4-2/h5-8,11-16H,3-4,9-10H2,1-2H3/p+1. The van der Waals surface area contributed by atoms with Gasteiger partial charge in [0.2, 0.25) is 0 Å². The van der Waals surface area contributed by atoms with Crippen molar-refractivity contribution in [3.8, 4) is 17.1 Å². The Morgan fingerprint density at radius 2 is 1.48 bits per heavy atom. The molecule has 1 aromatic heterocycles.